The maximum absolute atomic E-state index is 5.64. The van der Waals surface area contributed by atoms with Crippen LogP contribution in [0.3, 0.4) is 0 Å². The Morgan fingerprint density at radius 1 is 1.35 bits per heavy atom. The number of nitrogens with zero attached hydrogens (tertiary/aromatic N) is 1. The van der Waals surface area contributed by atoms with Crippen molar-refractivity contribution in [1.82, 2.24) is 4.98 Å². The molecule has 2 aromatic heterocycles. The third kappa shape index (κ3) is 2.58. The molecule has 0 saturated carbocycles. The zero-order valence-corrected chi connectivity index (χ0v) is 10.3. The van der Waals surface area contributed by atoms with Crippen molar-refractivity contribution in [3.8, 4) is 0 Å². The number of nitrogens with one attached hydrogen (secondary N) is 1. The van der Waals surface area contributed by atoms with Gasteiger partial charge in [0.2, 0.25) is 0 Å². The summed E-state index contributed by atoms with van der Waals surface area (Å²) in [5, 5.41) is 3.30. The number of hydrogen-bond acceptors (Lipinski definition) is 4. The first-order chi connectivity index (χ1) is 8.06. The standard InChI is InChI=1S/C13H17N3O/c1-8-7-11(10(3)17-8)9(2)15-13-6-4-5-12(14)16-13/h4-7,9H,1-3H3,(H3,14,15,16). The lowest BCUT2D eigenvalue weighted by molar-refractivity contribution is 0.500. The van der Waals surface area contributed by atoms with Crippen LogP contribution in [0.1, 0.15) is 30.0 Å². The summed E-state index contributed by atoms with van der Waals surface area (Å²) in [6.45, 7) is 5.98. The van der Waals surface area contributed by atoms with Gasteiger partial charge in [0.05, 0.1) is 6.04 Å². The second kappa shape index (κ2) is 4.49. The molecule has 1 atom stereocenters. The van der Waals surface area contributed by atoms with Gasteiger partial charge in [0.15, 0.2) is 0 Å². The van der Waals surface area contributed by atoms with E-state index in [2.05, 4.69) is 17.2 Å². The number of aromatic nitrogens is 1. The number of pyridine rings is 1. The van der Waals surface area contributed by atoms with Crippen molar-refractivity contribution in [3.05, 3.63) is 41.3 Å². The fourth-order valence-corrected chi connectivity index (χ4v) is 1.91. The largest absolute Gasteiger partial charge is 0.466 e. The van der Waals surface area contributed by atoms with Crippen LogP contribution >= 0.6 is 0 Å². The van der Waals surface area contributed by atoms with Gasteiger partial charge in [0.25, 0.3) is 0 Å². The second-order valence-electron chi connectivity index (χ2n) is 4.18. The van der Waals surface area contributed by atoms with E-state index < -0.39 is 0 Å². The molecule has 0 aromatic carbocycles. The molecule has 4 heteroatoms. The first kappa shape index (κ1) is 11.5. The molecule has 0 aliphatic rings. The zero-order chi connectivity index (χ0) is 12.4. The van der Waals surface area contributed by atoms with Crippen molar-refractivity contribution in [2.45, 2.75) is 26.8 Å². The monoisotopic (exact) mass is 231 g/mol. The zero-order valence-electron chi connectivity index (χ0n) is 10.3. The lowest BCUT2D eigenvalue weighted by atomic mass is 10.1. The van der Waals surface area contributed by atoms with Crippen LogP contribution in [0, 0.1) is 13.8 Å². The van der Waals surface area contributed by atoms with Crippen LogP contribution in [0.15, 0.2) is 28.7 Å². The van der Waals surface area contributed by atoms with E-state index in [1.165, 1.54) is 0 Å². The third-order valence-corrected chi connectivity index (χ3v) is 2.68. The summed E-state index contributed by atoms with van der Waals surface area (Å²) in [5.74, 6) is 3.15. The summed E-state index contributed by atoms with van der Waals surface area (Å²) < 4.78 is 5.51. The predicted molar refractivity (Wildman–Crippen MR) is 68.9 cm³/mol. The SMILES string of the molecule is Cc1cc(C(C)Nc2cccc(N)n2)c(C)o1. The maximum Gasteiger partial charge on any atom is 0.128 e. The Bertz CT molecular complexity index is 519. The van der Waals surface area contributed by atoms with E-state index in [0.717, 1.165) is 22.9 Å². The van der Waals surface area contributed by atoms with Crippen molar-refractivity contribution < 1.29 is 4.42 Å². The van der Waals surface area contributed by atoms with Gasteiger partial charge in [0.1, 0.15) is 23.2 Å². The minimum atomic E-state index is 0.141. The van der Waals surface area contributed by atoms with Crippen LogP contribution < -0.4 is 11.1 Å². The molecule has 3 N–H and O–H groups in total. The number of rotatable bonds is 3. The minimum absolute atomic E-state index is 0.141. The van der Waals surface area contributed by atoms with E-state index in [9.17, 15) is 0 Å². The van der Waals surface area contributed by atoms with Gasteiger partial charge in [-0.25, -0.2) is 4.98 Å². The predicted octanol–water partition coefficient (Wildman–Crippen LogP) is 3.05. The van der Waals surface area contributed by atoms with Crippen LogP contribution in [0.5, 0.6) is 0 Å². The first-order valence-corrected chi connectivity index (χ1v) is 5.62. The van der Waals surface area contributed by atoms with Crippen molar-refractivity contribution in [3.63, 3.8) is 0 Å². The van der Waals surface area contributed by atoms with Crippen LogP contribution in [-0.2, 0) is 0 Å². The fraction of sp³-hybridized carbons (Fsp3) is 0.308. The molecule has 0 radical (unpaired) electrons. The van der Waals surface area contributed by atoms with Gasteiger partial charge in [-0.05, 0) is 39.0 Å². The van der Waals surface area contributed by atoms with Gasteiger partial charge in [-0.1, -0.05) is 6.07 Å². The second-order valence-corrected chi connectivity index (χ2v) is 4.18. The summed E-state index contributed by atoms with van der Waals surface area (Å²) >= 11 is 0. The van der Waals surface area contributed by atoms with E-state index in [4.69, 9.17) is 10.2 Å². The molecule has 0 amide bonds. The van der Waals surface area contributed by atoms with Crippen molar-refractivity contribution in [1.29, 1.82) is 0 Å². The number of aryl methyl sites for hydroxylation is 2. The first-order valence-electron chi connectivity index (χ1n) is 5.62. The normalized spacial score (nSPS) is 12.4. The molecule has 2 rings (SSSR count). The summed E-state index contributed by atoms with van der Waals surface area (Å²) in [5.41, 5.74) is 6.78. The Morgan fingerprint density at radius 2 is 2.12 bits per heavy atom. The lowest BCUT2D eigenvalue weighted by Crippen LogP contribution is -2.08. The molecule has 0 spiro atoms. The van der Waals surface area contributed by atoms with Gasteiger partial charge < -0.3 is 15.5 Å². The Balaban J connectivity index is 2.16. The number of furan rings is 1. The molecule has 17 heavy (non-hydrogen) atoms. The van der Waals surface area contributed by atoms with E-state index in [1.807, 2.05) is 32.0 Å². The average molecular weight is 231 g/mol. The van der Waals surface area contributed by atoms with E-state index in [-0.39, 0.29) is 6.04 Å². The highest BCUT2D eigenvalue weighted by Crippen LogP contribution is 2.24. The van der Waals surface area contributed by atoms with Gasteiger partial charge in [-0.2, -0.15) is 0 Å². The number of nitrogen functional groups attached to an aromatic ring is 1. The average Bonchev–Trinajstić information content (AvgIpc) is 2.58. The highest BCUT2D eigenvalue weighted by molar-refractivity contribution is 5.44. The molecule has 0 bridgehead atoms. The number of nitrogens with two attached hydrogens (primary N) is 1. The summed E-state index contributed by atoms with van der Waals surface area (Å²) in [7, 11) is 0. The molecule has 2 heterocycles. The topological polar surface area (TPSA) is 64.1 Å². The third-order valence-electron chi connectivity index (χ3n) is 2.68. The van der Waals surface area contributed by atoms with Gasteiger partial charge in [-0.3, -0.25) is 0 Å². The summed E-state index contributed by atoms with van der Waals surface area (Å²) in [4.78, 5) is 4.21. The van der Waals surface area contributed by atoms with E-state index in [0.29, 0.717) is 5.82 Å². The van der Waals surface area contributed by atoms with Crippen LogP contribution in [-0.4, -0.2) is 4.98 Å². The fourth-order valence-electron chi connectivity index (χ4n) is 1.91. The molecular weight excluding hydrogens is 214 g/mol. The highest BCUT2D eigenvalue weighted by atomic mass is 16.3. The molecule has 90 valence electrons. The number of anilines is 2. The van der Waals surface area contributed by atoms with E-state index in [1.54, 1.807) is 6.07 Å². The molecule has 0 aliphatic carbocycles. The van der Waals surface area contributed by atoms with Crippen LogP contribution in [0.25, 0.3) is 0 Å². The Hall–Kier alpha value is -1.97. The summed E-state index contributed by atoms with van der Waals surface area (Å²) in [6, 6.07) is 7.73. The van der Waals surface area contributed by atoms with Gasteiger partial charge >= 0.3 is 0 Å². The van der Waals surface area contributed by atoms with Gasteiger partial charge in [0, 0.05) is 5.56 Å². The van der Waals surface area contributed by atoms with Crippen LogP contribution in [0.2, 0.25) is 0 Å². The molecule has 0 fully saturated rings. The lowest BCUT2D eigenvalue weighted by Gasteiger charge is -2.13. The van der Waals surface area contributed by atoms with Crippen molar-refractivity contribution >= 4 is 11.6 Å². The van der Waals surface area contributed by atoms with Crippen LogP contribution in [0.4, 0.5) is 11.6 Å². The molecular formula is C13H17N3O. The number of hydrogen-bond donors (Lipinski definition) is 2. The molecule has 0 saturated heterocycles. The van der Waals surface area contributed by atoms with Crippen molar-refractivity contribution in [2.75, 3.05) is 11.1 Å². The maximum atomic E-state index is 5.64. The minimum Gasteiger partial charge on any atom is -0.466 e. The molecule has 2 aromatic rings. The Kier molecular flexibility index (Phi) is 3.04. The van der Waals surface area contributed by atoms with Gasteiger partial charge in [-0.15, -0.1) is 0 Å². The Morgan fingerprint density at radius 3 is 2.71 bits per heavy atom. The van der Waals surface area contributed by atoms with E-state index >= 15 is 0 Å². The molecule has 0 aliphatic heterocycles. The highest BCUT2D eigenvalue weighted by Gasteiger charge is 2.12. The smallest absolute Gasteiger partial charge is 0.128 e. The Labute approximate surface area is 101 Å². The summed E-state index contributed by atoms with van der Waals surface area (Å²) in [6.07, 6.45) is 0. The quantitative estimate of drug-likeness (QED) is 0.852. The van der Waals surface area contributed by atoms with Crippen molar-refractivity contribution in [2.24, 2.45) is 0 Å². The molecule has 1 unspecified atom stereocenters. The molecule has 4 nitrogen and oxygen atoms in total.